The second kappa shape index (κ2) is 14.7. The first-order valence-corrected chi connectivity index (χ1v) is 14.6. The molecule has 0 spiro atoms. The summed E-state index contributed by atoms with van der Waals surface area (Å²) in [4.78, 5) is 18.9. The summed E-state index contributed by atoms with van der Waals surface area (Å²) >= 11 is 0. The molecule has 0 aliphatic carbocycles. The topological polar surface area (TPSA) is 272 Å². The third kappa shape index (κ3) is 7.59. The van der Waals surface area contributed by atoms with Crippen molar-refractivity contribution in [3.8, 4) is 0 Å². The van der Waals surface area contributed by atoms with Gasteiger partial charge in [-0.15, -0.1) is 0 Å². The molecule has 16 heteroatoms. The highest BCUT2D eigenvalue weighted by atomic mass is 32.2. The number of sulfonamides is 1. The van der Waals surface area contributed by atoms with Crippen LogP contribution >= 0.6 is 0 Å². The quantitative estimate of drug-likeness (QED) is 0.128. The zero-order valence-electron chi connectivity index (χ0n) is 23.9. The lowest BCUT2D eigenvalue weighted by atomic mass is 10.1. The number of fused-ring (bicyclic) bond motifs is 1. The molecule has 2 aromatic carbocycles. The van der Waals surface area contributed by atoms with Crippen molar-refractivity contribution in [2.45, 2.75) is 43.4 Å². The van der Waals surface area contributed by atoms with Crippen LogP contribution in [0.4, 0.5) is 29.2 Å². The van der Waals surface area contributed by atoms with Crippen molar-refractivity contribution in [3.05, 3.63) is 48.7 Å². The lowest BCUT2D eigenvalue weighted by Gasteiger charge is -2.30. The second-order valence-corrected chi connectivity index (χ2v) is 11.5. The summed E-state index contributed by atoms with van der Waals surface area (Å²) in [7, 11) is -3.76. The number of hydrogen-bond donors (Lipinski definition) is 7. The van der Waals surface area contributed by atoms with E-state index in [4.69, 9.17) is 15.0 Å². The van der Waals surface area contributed by atoms with E-state index in [1.54, 1.807) is 48.7 Å². The Labute approximate surface area is 252 Å². The Kier molecular flexibility index (Phi) is 11.9. The van der Waals surface area contributed by atoms with Crippen molar-refractivity contribution >= 4 is 50.1 Å². The van der Waals surface area contributed by atoms with Crippen molar-refractivity contribution in [1.82, 2.24) is 49.8 Å². The lowest BCUT2D eigenvalue weighted by molar-refractivity contribution is 0.556. The molecule has 0 radical (unpaired) electrons. The van der Waals surface area contributed by atoms with Gasteiger partial charge in [0.25, 0.3) is 10.0 Å². The first-order chi connectivity index (χ1) is 18.5. The Morgan fingerprint density at radius 2 is 1.26 bits per heavy atom. The van der Waals surface area contributed by atoms with Crippen LogP contribution in [0.3, 0.4) is 0 Å². The van der Waals surface area contributed by atoms with Gasteiger partial charge in [-0.1, -0.05) is 0 Å². The third-order valence-electron chi connectivity index (χ3n) is 7.00. The van der Waals surface area contributed by atoms with Gasteiger partial charge in [0.15, 0.2) is 0 Å². The number of hydrogen-bond acceptors (Lipinski definition) is 13. The number of aromatic nitrogens is 5. The summed E-state index contributed by atoms with van der Waals surface area (Å²) in [6, 6.07) is 11.8. The molecule has 0 bridgehead atoms. The van der Waals surface area contributed by atoms with Gasteiger partial charge in [-0.3, -0.25) is 9.82 Å². The summed E-state index contributed by atoms with van der Waals surface area (Å²) in [6.45, 7) is 3.76. The minimum Gasteiger partial charge on any atom is -0.344 e. The van der Waals surface area contributed by atoms with Gasteiger partial charge < -0.3 is 39.7 Å². The first-order valence-electron chi connectivity index (χ1n) is 13.1. The molecule has 4 aromatic rings. The van der Waals surface area contributed by atoms with Gasteiger partial charge in [-0.2, -0.15) is 20.1 Å². The highest BCUT2D eigenvalue weighted by Gasteiger charge is 2.21. The fraction of sp³-hybridized carbons (Fsp3) is 0.385. The molecule has 4 heterocycles. The maximum Gasteiger partial charge on any atom is 0.261 e. The molecule has 42 heavy (non-hydrogen) atoms. The fourth-order valence-electron chi connectivity index (χ4n) is 4.95. The van der Waals surface area contributed by atoms with E-state index in [-0.39, 0.29) is 35.2 Å². The van der Waals surface area contributed by atoms with Crippen molar-refractivity contribution in [1.29, 1.82) is 0 Å². The maximum absolute atomic E-state index is 13.0. The van der Waals surface area contributed by atoms with Crippen LogP contribution < -0.4 is 44.4 Å². The third-order valence-corrected chi connectivity index (χ3v) is 8.40. The fourth-order valence-corrected chi connectivity index (χ4v) is 6.00. The predicted molar refractivity (Wildman–Crippen MR) is 177 cm³/mol. The molecule has 0 saturated carbocycles. The molecule has 0 unspecified atom stereocenters. The largest absolute Gasteiger partial charge is 0.344 e. The molecule has 238 valence electrons. The molecule has 2 aliphatic heterocycles. The van der Waals surface area contributed by atoms with Gasteiger partial charge in [0, 0.05) is 48.6 Å². The van der Waals surface area contributed by atoms with Crippen molar-refractivity contribution in [3.63, 3.8) is 0 Å². The van der Waals surface area contributed by atoms with Crippen molar-refractivity contribution in [2.24, 2.45) is 0 Å². The molecule has 2 fully saturated rings. The second-order valence-electron chi connectivity index (χ2n) is 9.78. The van der Waals surface area contributed by atoms with E-state index in [0.29, 0.717) is 29.2 Å². The van der Waals surface area contributed by atoms with Crippen LogP contribution in [0, 0.1) is 0 Å². The van der Waals surface area contributed by atoms with E-state index < -0.39 is 10.0 Å². The summed E-state index contributed by atoms with van der Waals surface area (Å²) < 4.78 is 28.6. The summed E-state index contributed by atoms with van der Waals surface area (Å²) in [5.41, 5.74) is 2.01. The van der Waals surface area contributed by atoms with E-state index in [2.05, 4.69) is 30.0 Å². The van der Waals surface area contributed by atoms with Crippen LogP contribution in [0.2, 0.25) is 0 Å². The highest BCUT2D eigenvalue weighted by molar-refractivity contribution is 7.92. The van der Waals surface area contributed by atoms with E-state index in [9.17, 15) is 8.42 Å². The average molecular weight is 610 g/mol. The number of anilines is 5. The minimum atomic E-state index is -3.76. The van der Waals surface area contributed by atoms with Crippen LogP contribution in [0.1, 0.15) is 44.2 Å². The Morgan fingerprint density at radius 3 is 1.83 bits per heavy atom. The summed E-state index contributed by atoms with van der Waals surface area (Å²) in [5.74, 6) is 1.85. The maximum atomic E-state index is 13.0. The Balaban J connectivity index is -0.00000231. The molecular formula is C26H51N13O2S. The zero-order chi connectivity index (χ0) is 26.0. The standard InChI is InChI=1S/C26H31N9O2S.4H3N.4H2/c36-38(37,33-21-9-12-23-19(17-21)18-27-32-23)22-10-7-20(8-11-22)28-24-29-25(34-13-3-1-4-14-34)31-26(30-24)35-15-5-2-6-16-35;;;;;;;;/h7-12,17-18,33H,1-6,13-16H2,(H,27,32)(H,28,29,30,31);4*1H3;4*1H. The first kappa shape index (κ1) is 34.1. The Bertz CT molecular complexity index is 1500. The monoisotopic (exact) mass is 609 g/mol. The molecule has 15 nitrogen and oxygen atoms in total. The van der Waals surface area contributed by atoms with Crippen molar-refractivity contribution < 1.29 is 14.1 Å². The lowest BCUT2D eigenvalue weighted by Crippen LogP contribution is -2.34. The number of aromatic amines is 1. The van der Waals surface area contributed by atoms with Gasteiger partial charge in [0.1, 0.15) is 0 Å². The van der Waals surface area contributed by atoms with E-state index in [0.717, 1.165) is 62.8 Å². The van der Waals surface area contributed by atoms with E-state index >= 15 is 0 Å². The number of rotatable bonds is 7. The zero-order valence-corrected chi connectivity index (χ0v) is 24.7. The minimum absolute atomic E-state index is 0. The molecule has 2 aromatic heterocycles. The highest BCUT2D eigenvalue weighted by Crippen LogP contribution is 2.25. The Morgan fingerprint density at radius 1 is 0.714 bits per heavy atom. The van der Waals surface area contributed by atoms with Gasteiger partial charge in [-0.05, 0) is 81.0 Å². The molecule has 2 saturated heterocycles. The van der Waals surface area contributed by atoms with Crippen LogP contribution in [-0.2, 0) is 10.0 Å². The van der Waals surface area contributed by atoms with Gasteiger partial charge in [-0.25, -0.2) is 8.42 Å². The van der Waals surface area contributed by atoms with Gasteiger partial charge in [0.05, 0.1) is 16.6 Å². The number of nitrogens with zero attached hydrogens (tertiary/aromatic N) is 6. The van der Waals surface area contributed by atoms with Gasteiger partial charge >= 0.3 is 0 Å². The van der Waals surface area contributed by atoms with Crippen LogP contribution in [-0.4, -0.2) is 59.7 Å². The summed E-state index contributed by atoms with van der Waals surface area (Å²) in [6.07, 6.45) is 8.64. The molecule has 6 rings (SSSR count). The molecule has 0 amide bonds. The smallest absolute Gasteiger partial charge is 0.261 e. The molecule has 0 atom stereocenters. The van der Waals surface area contributed by atoms with Gasteiger partial charge in [0.2, 0.25) is 17.8 Å². The SMILES string of the molecule is N.N.N.N.O=S(=O)(Nc1ccc2[nH]ncc2c1)c1ccc(Nc2nc(N3CCCCC3)nc(N3CCCCC3)n2)cc1.[HH].[HH].[HH].[HH]. The number of H-pyrrole nitrogens is 1. The summed E-state index contributed by atoms with van der Waals surface area (Å²) in [5, 5.41) is 10.9. The van der Waals surface area contributed by atoms with E-state index in [1.807, 2.05) is 0 Å². The van der Waals surface area contributed by atoms with Crippen LogP contribution in [0.25, 0.3) is 10.9 Å². The molecular weight excluding hydrogens is 558 g/mol. The van der Waals surface area contributed by atoms with Crippen LogP contribution in [0.5, 0.6) is 0 Å². The van der Waals surface area contributed by atoms with Crippen LogP contribution in [0.15, 0.2) is 53.6 Å². The van der Waals surface area contributed by atoms with E-state index in [1.165, 1.54) is 12.8 Å². The number of nitrogens with one attached hydrogen (secondary N) is 3. The number of benzene rings is 2. The normalized spacial score (nSPS) is 15.0. The average Bonchev–Trinajstić information content (AvgIpc) is 3.42. The molecule has 2 aliphatic rings. The van der Waals surface area contributed by atoms with Crippen molar-refractivity contribution in [2.75, 3.05) is 46.0 Å². The molecule has 15 N–H and O–H groups in total. The predicted octanol–water partition coefficient (Wildman–Crippen LogP) is 5.90. The Hall–Kier alpha value is -4.09. The number of piperidine rings is 2.